The molecule has 2 aromatic rings. The van der Waals surface area contributed by atoms with Gasteiger partial charge in [0.05, 0.1) is 16.1 Å². The summed E-state index contributed by atoms with van der Waals surface area (Å²) in [7, 11) is 1.99. The molecule has 0 fully saturated rings. The van der Waals surface area contributed by atoms with Gasteiger partial charge in [0.25, 0.3) is 0 Å². The molecule has 0 amide bonds. The number of fused-ring (bicyclic) bond motifs is 1. The lowest BCUT2D eigenvalue weighted by molar-refractivity contribution is 0.612. The number of benzene rings is 1. The van der Waals surface area contributed by atoms with Crippen molar-refractivity contribution in [1.82, 2.24) is 9.55 Å². The van der Waals surface area contributed by atoms with Gasteiger partial charge in [-0.15, -0.1) is 0 Å². The van der Waals surface area contributed by atoms with Crippen LogP contribution >= 0.6 is 11.6 Å². The van der Waals surface area contributed by atoms with E-state index in [2.05, 4.69) is 11.9 Å². The number of nitrogens with two attached hydrogens (primary N) is 1. The van der Waals surface area contributed by atoms with Gasteiger partial charge < -0.3 is 10.3 Å². The molecule has 1 aromatic heterocycles. The van der Waals surface area contributed by atoms with Crippen LogP contribution in [-0.2, 0) is 13.5 Å². The molecule has 1 aromatic carbocycles. The second-order valence-corrected chi connectivity index (χ2v) is 4.47. The quantitative estimate of drug-likeness (QED) is 0.892. The number of aromatic nitrogens is 2. The molecule has 0 bridgehead atoms. The SMILES string of the molecule is CCC(N)Cc1nc2cccc(Cl)c2n1C. The van der Waals surface area contributed by atoms with Gasteiger partial charge >= 0.3 is 0 Å². The minimum atomic E-state index is 0.161. The van der Waals surface area contributed by atoms with Crippen LogP contribution in [0.25, 0.3) is 11.0 Å². The molecule has 4 heteroatoms. The number of hydrogen-bond acceptors (Lipinski definition) is 2. The lowest BCUT2D eigenvalue weighted by Gasteiger charge is -2.08. The van der Waals surface area contributed by atoms with Crippen LogP contribution in [0.4, 0.5) is 0 Å². The first kappa shape index (κ1) is 11.4. The maximum atomic E-state index is 6.15. The number of hydrogen-bond donors (Lipinski definition) is 1. The number of aryl methyl sites for hydroxylation is 1. The first-order valence-corrected chi connectivity index (χ1v) is 5.86. The fourth-order valence-corrected chi connectivity index (χ4v) is 2.13. The van der Waals surface area contributed by atoms with Gasteiger partial charge in [-0.1, -0.05) is 24.6 Å². The van der Waals surface area contributed by atoms with Crippen molar-refractivity contribution < 1.29 is 0 Å². The maximum absolute atomic E-state index is 6.15. The van der Waals surface area contributed by atoms with E-state index in [9.17, 15) is 0 Å². The fourth-order valence-electron chi connectivity index (χ4n) is 1.83. The maximum Gasteiger partial charge on any atom is 0.111 e. The van der Waals surface area contributed by atoms with Gasteiger partial charge in [-0.05, 0) is 18.6 Å². The van der Waals surface area contributed by atoms with E-state index in [1.807, 2.05) is 29.8 Å². The Morgan fingerprint density at radius 3 is 2.88 bits per heavy atom. The third-order valence-corrected chi connectivity index (χ3v) is 3.21. The standard InChI is InChI=1S/C12H16ClN3/c1-3-8(14)7-11-15-10-6-4-5-9(13)12(10)16(11)2/h4-6,8H,3,7,14H2,1-2H3. The summed E-state index contributed by atoms with van der Waals surface area (Å²) < 4.78 is 2.03. The monoisotopic (exact) mass is 237 g/mol. The summed E-state index contributed by atoms with van der Waals surface area (Å²) in [6.07, 6.45) is 1.74. The molecule has 0 aliphatic heterocycles. The molecule has 0 spiro atoms. The van der Waals surface area contributed by atoms with Gasteiger partial charge in [0.15, 0.2) is 0 Å². The molecule has 1 heterocycles. The van der Waals surface area contributed by atoms with Gasteiger partial charge in [-0.25, -0.2) is 4.98 Å². The van der Waals surface area contributed by atoms with Crippen molar-refractivity contribution >= 4 is 22.6 Å². The van der Waals surface area contributed by atoms with E-state index in [0.29, 0.717) is 0 Å². The number of nitrogens with zero attached hydrogens (tertiary/aromatic N) is 2. The van der Waals surface area contributed by atoms with Crippen LogP contribution in [0.5, 0.6) is 0 Å². The van der Waals surface area contributed by atoms with E-state index in [0.717, 1.165) is 34.7 Å². The Morgan fingerprint density at radius 2 is 2.25 bits per heavy atom. The molecule has 0 aliphatic rings. The Morgan fingerprint density at radius 1 is 1.50 bits per heavy atom. The molecule has 16 heavy (non-hydrogen) atoms. The highest BCUT2D eigenvalue weighted by Gasteiger charge is 2.12. The number of imidazole rings is 1. The minimum Gasteiger partial charge on any atom is -0.330 e. The van der Waals surface area contributed by atoms with Crippen molar-refractivity contribution in [2.24, 2.45) is 12.8 Å². The summed E-state index contributed by atoms with van der Waals surface area (Å²) >= 11 is 6.15. The van der Waals surface area contributed by atoms with Gasteiger partial charge in [-0.3, -0.25) is 0 Å². The summed E-state index contributed by atoms with van der Waals surface area (Å²) in [5.41, 5.74) is 7.87. The Kier molecular flexibility index (Phi) is 3.17. The minimum absolute atomic E-state index is 0.161. The van der Waals surface area contributed by atoms with Crippen LogP contribution in [-0.4, -0.2) is 15.6 Å². The first-order chi connectivity index (χ1) is 7.63. The zero-order chi connectivity index (χ0) is 11.7. The third kappa shape index (κ3) is 1.93. The molecule has 2 N–H and O–H groups in total. The predicted octanol–water partition coefficient (Wildman–Crippen LogP) is 2.51. The normalized spacial score (nSPS) is 13.2. The molecule has 0 radical (unpaired) electrons. The van der Waals surface area contributed by atoms with Crippen LogP contribution in [0.15, 0.2) is 18.2 Å². The molecule has 86 valence electrons. The van der Waals surface area contributed by atoms with Crippen LogP contribution in [0.1, 0.15) is 19.2 Å². The van der Waals surface area contributed by atoms with E-state index in [4.69, 9.17) is 17.3 Å². The lowest BCUT2D eigenvalue weighted by atomic mass is 10.1. The van der Waals surface area contributed by atoms with E-state index in [1.165, 1.54) is 0 Å². The highest BCUT2D eigenvalue weighted by atomic mass is 35.5. The van der Waals surface area contributed by atoms with Crippen LogP contribution < -0.4 is 5.73 Å². The largest absolute Gasteiger partial charge is 0.330 e. The van der Waals surface area contributed by atoms with Crippen LogP contribution in [0.3, 0.4) is 0 Å². The molecular weight excluding hydrogens is 222 g/mol. The van der Waals surface area contributed by atoms with Gasteiger partial charge in [0.2, 0.25) is 0 Å². The summed E-state index contributed by atoms with van der Waals surface area (Å²) in [6, 6.07) is 5.94. The van der Waals surface area contributed by atoms with E-state index >= 15 is 0 Å². The highest BCUT2D eigenvalue weighted by molar-refractivity contribution is 6.35. The molecule has 3 nitrogen and oxygen atoms in total. The average Bonchev–Trinajstić information content (AvgIpc) is 2.57. The van der Waals surface area contributed by atoms with E-state index in [1.54, 1.807) is 0 Å². The van der Waals surface area contributed by atoms with Gasteiger partial charge in [-0.2, -0.15) is 0 Å². The summed E-state index contributed by atoms with van der Waals surface area (Å²) in [5.74, 6) is 0.998. The molecule has 1 unspecified atom stereocenters. The molecule has 2 rings (SSSR count). The average molecular weight is 238 g/mol. The molecular formula is C12H16ClN3. The number of rotatable bonds is 3. The topological polar surface area (TPSA) is 43.8 Å². The van der Waals surface area contributed by atoms with Gasteiger partial charge in [0.1, 0.15) is 5.82 Å². The van der Waals surface area contributed by atoms with E-state index < -0.39 is 0 Å². The summed E-state index contributed by atoms with van der Waals surface area (Å²) in [5, 5.41) is 0.740. The predicted molar refractivity (Wildman–Crippen MR) is 67.7 cm³/mol. The Bertz CT molecular complexity index is 504. The second kappa shape index (κ2) is 4.44. The fraction of sp³-hybridized carbons (Fsp3) is 0.417. The Balaban J connectivity index is 2.48. The number of para-hydroxylation sites is 1. The van der Waals surface area contributed by atoms with Crippen molar-refractivity contribution in [2.75, 3.05) is 0 Å². The van der Waals surface area contributed by atoms with Crippen molar-refractivity contribution in [3.8, 4) is 0 Å². The van der Waals surface area contributed by atoms with Crippen molar-refractivity contribution in [3.63, 3.8) is 0 Å². The molecule has 1 atom stereocenters. The summed E-state index contributed by atoms with van der Waals surface area (Å²) in [6.45, 7) is 2.08. The smallest absolute Gasteiger partial charge is 0.111 e. The Labute approximate surface area is 100 Å². The van der Waals surface area contributed by atoms with Crippen molar-refractivity contribution in [2.45, 2.75) is 25.8 Å². The van der Waals surface area contributed by atoms with Crippen molar-refractivity contribution in [1.29, 1.82) is 0 Å². The highest BCUT2D eigenvalue weighted by Crippen LogP contribution is 2.23. The van der Waals surface area contributed by atoms with Crippen LogP contribution in [0.2, 0.25) is 5.02 Å². The molecule has 0 aliphatic carbocycles. The zero-order valence-corrected chi connectivity index (χ0v) is 10.3. The van der Waals surface area contributed by atoms with Crippen molar-refractivity contribution in [3.05, 3.63) is 29.0 Å². The van der Waals surface area contributed by atoms with Gasteiger partial charge in [0, 0.05) is 19.5 Å². The third-order valence-electron chi connectivity index (χ3n) is 2.91. The number of halogens is 1. The molecule has 0 saturated carbocycles. The Hall–Kier alpha value is -1.06. The molecule has 0 saturated heterocycles. The van der Waals surface area contributed by atoms with E-state index in [-0.39, 0.29) is 6.04 Å². The lowest BCUT2D eigenvalue weighted by Crippen LogP contribution is -2.23. The van der Waals surface area contributed by atoms with Crippen LogP contribution in [0, 0.1) is 0 Å². The first-order valence-electron chi connectivity index (χ1n) is 5.49. The summed E-state index contributed by atoms with van der Waals surface area (Å²) in [4.78, 5) is 4.56. The second-order valence-electron chi connectivity index (χ2n) is 4.07. The zero-order valence-electron chi connectivity index (χ0n) is 9.57.